The number of nitrogens with zero attached hydrogens (tertiary/aromatic N) is 1. The molecule has 2 N–H and O–H groups in total. The van der Waals surface area contributed by atoms with Gasteiger partial charge in [0.25, 0.3) is 0 Å². The molecule has 0 aliphatic rings. The van der Waals surface area contributed by atoms with Gasteiger partial charge in [-0.3, -0.25) is 4.79 Å². The standard InChI is InChI=1S/C16H18N2OS2/c1-11(14-4-3-9-21-14)18(2)15(19)10-12-5-7-13(8-6-12)16(17)20/h3-9,11H,10H2,1-2H3,(H2,17,20). The number of rotatable bonds is 5. The van der Waals surface area contributed by atoms with Crippen molar-refractivity contribution in [3.05, 3.63) is 57.8 Å². The Morgan fingerprint density at radius 3 is 2.52 bits per heavy atom. The summed E-state index contributed by atoms with van der Waals surface area (Å²) in [5.41, 5.74) is 7.35. The van der Waals surface area contributed by atoms with Crippen molar-refractivity contribution in [2.75, 3.05) is 7.05 Å². The minimum Gasteiger partial charge on any atom is -0.389 e. The van der Waals surface area contributed by atoms with Gasteiger partial charge in [0, 0.05) is 17.5 Å². The molecule has 0 aliphatic carbocycles. The first-order valence-corrected chi connectivity index (χ1v) is 7.95. The number of nitrogens with two attached hydrogens (primary N) is 1. The molecule has 110 valence electrons. The van der Waals surface area contributed by atoms with Gasteiger partial charge in [-0.2, -0.15) is 0 Å². The highest BCUT2D eigenvalue weighted by Crippen LogP contribution is 2.23. The SMILES string of the molecule is CC(c1cccs1)N(C)C(=O)Cc1ccc(C(N)=S)cc1. The average Bonchev–Trinajstić information content (AvgIpc) is 3.00. The predicted octanol–water partition coefficient (Wildman–Crippen LogP) is 3.14. The fraction of sp³-hybridized carbons (Fsp3) is 0.250. The second-order valence-electron chi connectivity index (χ2n) is 4.93. The molecule has 1 aromatic heterocycles. The summed E-state index contributed by atoms with van der Waals surface area (Å²) in [6.07, 6.45) is 0.379. The molecular formula is C16H18N2OS2. The van der Waals surface area contributed by atoms with Crippen molar-refractivity contribution in [3.63, 3.8) is 0 Å². The van der Waals surface area contributed by atoms with E-state index in [-0.39, 0.29) is 11.9 Å². The molecule has 0 aliphatic heterocycles. The fourth-order valence-corrected chi connectivity index (χ4v) is 2.98. The molecule has 1 heterocycles. The maximum atomic E-state index is 12.3. The van der Waals surface area contributed by atoms with E-state index >= 15 is 0 Å². The third-order valence-corrected chi connectivity index (χ3v) is 4.80. The quantitative estimate of drug-likeness (QED) is 0.862. The lowest BCUT2D eigenvalue weighted by Gasteiger charge is -2.24. The average molecular weight is 318 g/mol. The van der Waals surface area contributed by atoms with Gasteiger partial charge in [0.05, 0.1) is 12.5 Å². The number of amides is 1. The van der Waals surface area contributed by atoms with E-state index in [0.717, 1.165) is 11.1 Å². The number of likely N-dealkylation sites (N-methyl/N-ethyl adjacent to an activating group) is 1. The molecule has 1 amide bonds. The Morgan fingerprint density at radius 2 is 2.00 bits per heavy atom. The molecule has 5 heteroatoms. The predicted molar refractivity (Wildman–Crippen MR) is 91.5 cm³/mol. The summed E-state index contributed by atoms with van der Waals surface area (Å²) in [5.74, 6) is 0.0963. The summed E-state index contributed by atoms with van der Waals surface area (Å²) in [6, 6.07) is 11.7. The number of benzene rings is 1. The normalized spacial score (nSPS) is 11.9. The molecule has 21 heavy (non-hydrogen) atoms. The van der Waals surface area contributed by atoms with Gasteiger partial charge in [-0.1, -0.05) is 42.5 Å². The van der Waals surface area contributed by atoms with Crippen LogP contribution in [0.25, 0.3) is 0 Å². The van der Waals surface area contributed by atoms with Crippen molar-refractivity contribution in [2.45, 2.75) is 19.4 Å². The van der Waals surface area contributed by atoms with Crippen LogP contribution in [-0.2, 0) is 11.2 Å². The number of hydrogen-bond donors (Lipinski definition) is 1. The van der Waals surface area contributed by atoms with E-state index in [1.807, 2.05) is 49.7 Å². The summed E-state index contributed by atoms with van der Waals surface area (Å²) in [5, 5.41) is 2.03. The summed E-state index contributed by atoms with van der Waals surface area (Å²) >= 11 is 6.58. The molecule has 1 atom stereocenters. The number of carbonyl (C=O) groups excluding carboxylic acids is 1. The molecular weight excluding hydrogens is 300 g/mol. The first kappa shape index (κ1) is 15.7. The Labute approximate surface area is 134 Å². The van der Waals surface area contributed by atoms with E-state index in [1.165, 1.54) is 4.88 Å². The molecule has 1 unspecified atom stereocenters. The minimum atomic E-state index is 0.0911. The lowest BCUT2D eigenvalue weighted by molar-refractivity contribution is -0.131. The van der Waals surface area contributed by atoms with E-state index in [2.05, 4.69) is 6.07 Å². The van der Waals surface area contributed by atoms with Crippen LogP contribution in [0.15, 0.2) is 41.8 Å². The third-order valence-electron chi connectivity index (χ3n) is 3.52. The lowest BCUT2D eigenvalue weighted by atomic mass is 10.1. The van der Waals surface area contributed by atoms with Crippen LogP contribution in [-0.4, -0.2) is 22.8 Å². The van der Waals surface area contributed by atoms with Crippen molar-refractivity contribution in [1.29, 1.82) is 0 Å². The number of thiophene rings is 1. The molecule has 3 nitrogen and oxygen atoms in total. The molecule has 0 bridgehead atoms. The largest absolute Gasteiger partial charge is 0.389 e. The Hall–Kier alpha value is -1.72. The van der Waals surface area contributed by atoms with Crippen LogP contribution in [0.2, 0.25) is 0 Å². The maximum absolute atomic E-state index is 12.3. The Kier molecular flexibility index (Phi) is 5.09. The smallest absolute Gasteiger partial charge is 0.227 e. The number of thiocarbonyl (C=S) groups is 1. The van der Waals surface area contributed by atoms with E-state index in [1.54, 1.807) is 16.2 Å². The topological polar surface area (TPSA) is 46.3 Å². The molecule has 1 aromatic carbocycles. The van der Waals surface area contributed by atoms with E-state index in [0.29, 0.717) is 11.4 Å². The van der Waals surface area contributed by atoms with E-state index in [9.17, 15) is 4.79 Å². The van der Waals surface area contributed by atoms with Crippen molar-refractivity contribution in [2.24, 2.45) is 5.73 Å². The monoisotopic (exact) mass is 318 g/mol. The van der Waals surface area contributed by atoms with Gasteiger partial charge in [-0.05, 0) is 23.9 Å². The molecule has 0 saturated carbocycles. The second kappa shape index (κ2) is 6.83. The maximum Gasteiger partial charge on any atom is 0.227 e. The fourth-order valence-electron chi connectivity index (χ4n) is 2.02. The van der Waals surface area contributed by atoms with Crippen molar-refractivity contribution < 1.29 is 4.79 Å². The highest BCUT2D eigenvalue weighted by Gasteiger charge is 2.18. The molecule has 0 spiro atoms. The summed E-state index contributed by atoms with van der Waals surface area (Å²) in [7, 11) is 1.84. The van der Waals surface area contributed by atoms with Gasteiger partial charge in [0.15, 0.2) is 0 Å². The first-order chi connectivity index (χ1) is 9.99. The van der Waals surface area contributed by atoms with Gasteiger partial charge in [0.2, 0.25) is 5.91 Å². The molecule has 0 radical (unpaired) electrons. The lowest BCUT2D eigenvalue weighted by Crippen LogP contribution is -2.30. The zero-order chi connectivity index (χ0) is 15.4. The zero-order valence-corrected chi connectivity index (χ0v) is 13.7. The van der Waals surface area contributed by atoms with Crippen LogP contribution in [0, 0.1) is 0 Å². The zero-order valence-electron chi connectivity index (χ0n) is 12.1. The van der Waals surface area contributed by atoms with Crippen molar-refractivity contribution in [3.8, 4) is 0 Å². The van der Waals surface area contributed by atoms with Crippen LogP contribution in [0.4, 0.5) is 0 Å². The summed E-state index contributed by atoms with van der Waals surface area (Å²) in [4.78, 5) is 15.7. The first-order valence-electron chi connectivity index (χ1n) is 6.67. The summed E-state index contributed by atoms with van der Waals surface area (Å²) < 4.78 is 0. The third kappa shape index (κ3) is 3.89. The van der Waals surface area contributed by atoms with Gasteiger partial charge in [-0.15, -0.1) is 11.3 Å². The number of carbonyl (C=O) groups is 1. The van der Waals surface area contributed by atoms with Gasteiger partial charge < -0.3 is 10.6 Å². The minimum absolute atomic E-state index is 0.0911. The Balaban J connectivity index is 2.02. The van der Waals surface area contributed by atoms with Crippen molar-refractivity contribution in [1.82, 2.24) is 4.90 Å². The van der Waals surface area contributed by atoms with Gasteiger partial charge in [-0.25, -0.2) is 0 Å². The summed E-state index contributed by atoms with van der Waals surface area (Å²) in [6.45, 7) is 2.04. The second-order valence-corrected chi connectivity index (χ2v) is 6.35. The highest BCUT2D eigenvalue weighted by molar-refractivity contribution is 7.80. The number of hydrogen-bond acceptors (Lipinski definition) is 3. The molecule has 0 fully saturated rings. The van der Waals surface area contributed by atoms with Crippen LogP contribution in [0.3, 0.4) is 0 Å². The van der Waals surface area contributed by atoms with Gasteiger partial charge in [0.1, 0.15) is 4.99 Å². The molecule has 0 saturated heterocycles. The molecule has 2 rings (SSSR count). The Bertz CT molecular complexity index is 620. The van der Waals surface area contributed by atoms with Crippen molar-refractivity contribution >= 4 is 34.5 Å². The molecule has 2 aromatic rings. The van der Waals surface area contributed by atoms with Crippen LogP contribution in [0.1, 0.15) is 29.0 Å². The van der Waals surface area contributed by atoms with Crippen LogP contribution < -0.4 is 5.73 Å². The van der Waals surface area contributed by atoms with Crippen LogP contribution >= 0.6 is 23.6 Å². The Morgan fingerprint density at radius 1 is 1.33 bits per heavy atom. The van der Waals surface area contributed by atoms with E-state index in [4.69, 9.17) is 18.0 Å². The van der Waals surface area contributed by atoms with Gasteiger partial charge >= 0.3 is 0 Å². The highest BCUT2D eigenvalue weighted by atomic mass is 32.1. The van der Waals surface area contributed by atoms with E-state index < -0.39 is 0 Å². The van der Waals surface area contributed by atoms with Crippen LogP contribution in [0.5, 0.6) is 0 Å².